The van der Waals surface area contributed by atoms with Crippen molar-refractivity contribution in [2.24, 2.45) is 5.10 Å². The normalized spacial score (nSPS) is 15.2. The molecule has 1 fully saturated rings. The van der Waals surface area contributed by atoms with Crippen molar-refractivity contribution in [3.8, 4) is 0 Å². The van der Waals surface area contributed by atoms with E-state index in [1.807, 2.05) is 0 Å². The second-order valence-electron chi connectivity index (χ2n) is 6.12. The van der Waals surface area contributed by atoms with Gasteiger partial charge in [0.15, 0.2) is 12.3 Å². The first kappa shape index (κ1) is 18.5. The van der Waals surface area contributed by atoms with Gasteiger partial charge in [-0.05, 0) is 30.3 Å². The number of nitrogens with zero attached hydrogens (tertiary/aromatic N) is 3. The highest BCUT2D eigenvalue weighted by molar-refractivity contribution is 5.80. The summed E-state index contributed by atoms with van der Waals surface area (Å²) < 4.78 is 17.9. The van der Waals surface area contributed by atoms with E-state index >= 15 is 0 Å². The van der Waals surface area contributed by atoms with Crippen molar-refractivity contribution in [3.05, 3.63) is 58.1 Å². The van der Waals surface area contributed by atoms with Crippen LogP contribution >= 0.6 is 0 Å². The number of hydrazone groups is 1. The average molecular weight is 376 g/mol. The third-order valence-corrected chi connectivity index (χ3v) is 4.25. The van der Waals surface area contributed by atoms with Crippen LogP contribution in [0.25, 0.3) is 0 Å². The predicted octanol–water partition coefficient (Wildman–Crippen LogP) is 0.182. The zero-order valence-corrected chi connectivity index (χ0v) is 14.4. The van der Waals surface area contributed by atoms with Gasteiger partial charge in [-0.1, -0.05) is 0 Å². The van der Waals surface area contributed by atoms with Gasteiger partial charge < -0.3 is 14.2 Å². The average Bonchev–Trinajstić information content (AvgIpc) is 3.12. The monoisotopic (exact) mass is 376 g/mol. The van der Waals surface area contributed by atoms with Gasteiger partial charge in [-0.25, -0.2) is 9.82 Å². The van der Waals surface area contributed by atoms with Crippen molar-refractivity contribution in [1.29, 1.82) is 0 Å². The summed E-state index contributed by atoms with van der Waals surface area (Å²) in [5.74, 6) is -0.713. The number of amides is 1. The van der Waals surface area contributed by atoms with E-state index in [1.165, 1.54) is 30.5 Å². The molecule has 1 aliphatic heterocycles. The lowest BCUT2D eigenvalue weighted by Gasteiger charge is -2.33. The Hall–Kier alpha value is -3.27. The fraction of sp³-hybridized carbons (Fsp3) is 0.294. The van der Waals surface area contributed by atoms with Crippen molar-refractivity contribution >= 4 is 23.7 Å². The fourth-order valence-electron chi connectivity index (χ4n) is 2.85. The summed E-state index contributed by atoms with van der Waals surface area (Å²) in [6, 6.07) is 8.99. The highest BCUT2D eigenvalue weighted by Gasteiger charge is 2.22. The molecule has 1 aliphatic rings. The molecule has 0 atom stereocenters. The van der Waals surface area contributed by atoms with Crippen molar-refractivity contribution in [2.75, 3.05) is 37.6 Å². The SMILES string of the molecule is O=C(C[NH+]1CCN(c2ccc(F)cc2)CC1)N/N=C\c1ccc([N+](=O)[O-])o1. The van der Waals surface area contributed by atoms with E-state index in [0.29, 0.717) is 0 Å². The highest BCUT2D eigenvalue weighted by Crippen LogP contribution is 2.14. The van der Waals surface area contributed by atoms with E-state index < -0.39 is 4.92 Å². The summed E-state index contributed by atoms with van der Waals surface area (Å²) >= 11 is 0. The number of piperazine rings is 1. The van der Waals surface area contributed by atoms with Gasteiger partial charge in [-0.3, -0.25) is 14.9 Å². The number of halogens is 1. The first-order valence-electron chi connectivity index (χ1n) is 8.41. The number of benzene rings is 1. The molecule has 0 unspecified atom stereocenters. The summed E-state index contributed by atoms with van der Waals surface area (Å²) in [6.07, 6.45) is 1.21. The molecule has 9 nitrogen and oxygen atoms in total. The van der Waals surface area contributed by atoms with Crippen LogP contribution in [0.5, 0.6) is 0 Å². The number of carbonyl (C=O) groups excluding carboxylic acids is 1. The van der Waals surface area contributed by atoms with Crippen molar-refractivity contribution < 1.29 is 23.4 Å². The lowest BCUT2D eigenvalue weighted by Crippen LogP contribution is -3.15. The van der Waals surface area contributed by atoms with Gasteiger partial charge in [0, 0.05) is 5.69 Å². The molecule has 1 aromatic carbocycles. The first-order valence-corrected chi connectivity index (χ1v) is 8.41. The fourth-order valence-corrected chi connectivity index (χ4v) is 2.85. The van der Waals surface area contributed by atoms with Gasteiger partial charge >= 0.3 is 5.88 Å². The van der Waals surface area contributed by atoms with Crippen LogP contribution in [0.3, 0.4) is 0 Å². The number of quaternary nitrogens is 1. The number of carbonyl (C=O) groups is 1. The molecule has 142 valence electrons. The van der Waals surface area contributed by atoms with Crippen molar-refractivity contribution in [2.45, 2.75) is 0 Å². The van der Waals surface area contributed by atoms with Gasteiger partial charge in [0.25, 0.3) is 5.91 Å². The third kappa shape index (κ3) is 5.11. The number of nitro groups is 1. The summed E-state index contributed by atoms with van der Waals surface area (Å²) in [7, 11) is 0. The summed E-state index contributed by atoms with van der Waals surface area (Å²) in [5.41, 5.74) is 3.36. The topological polar surface area (TPSA) is 105 Å². The summed E-state index contributed by atoms with van der Waals surface area (Å²) in [6.45, 7) is 3.37. The van der Waals surface area contributed by atoms with Crippen LogP contribution in [0.4, 0.5) is 16.0 Å². The number of hydrogen-bond donors (Lipinski definition) is 2. The molecule has 2 N–H and O–H groups in total. The van der Waals surface area contributed by atoms with Crippen LogP contribution in [-0.4, -0.2) is 49.8 Å². The second-order valence-corrected chi connectivity index (χ2v) is 6.12. The van der Waals surface area contributed by atoms with Crippen LogP contribution in [0.15, 0.2) is 45.9 Å². The molecule has 3 rings (SSSR count). The first-order chi connectivity index (χ1) is 13.0. The van der Waals surface area contributed by atoms with Crippen molar-refractivity contribution in [1.82, 2.24) is 5.43 Å². The zero-order chi connectivity index (χ0) is 19.2. The standard InChI is InChI=1S/C17H18FN5O4/c18-13-1-3-14(4-2-13)22-9-7-21(8-10-22)12-16(24)20-19-11-15-5-6-17(27-15)23(25)26/h1-6,11H,7-10,12H2,(H,20,24)/p+1/b19-11-. The molecule has 2 aromatic rings. The van der Waals surface area contributed by atoms with Gasteiger partial charge in [-0.15, -0.1) is 0 Å². The smallest absolute Gasteiger partial charge is 0.400 e. The van der Waals surface area contributed by atoms with E-state index in [-0.39, 0.29) is 29.9 Å². The molecule has 10 heteroatoms. The molecular weight excluding hydrogens is 357 g/mol. The zero-order valence-electron chi connectivity index (χ0n) is 14.4. The molecule has 0 aliphatic carbocycles. The lowest BCUT2D eigenvalue weighted by molar-refractivity contribution is -0.892. The lowest BCUT2D eigenvalue weighted by atomic mass is 10.2. The summed E-state index contributed by atoms with van der Waals surface area (Å²) in [4.78, 5) is 25.1. The minimum atomic E-state index is -0.648. The predicted molar refractivity (Wildman–Crippen MR) is 95.3 cm³/mol. The van der Waals surface area contributed by atoms with E-state index in [9.17, 15) is 19.3 Å². The van der Waals surface area contributed by atoms with Gasteiger partial charge in [0.05, 0.1) is 38.5 Å². The van der Waals surface area contributed by atoms with Gasteiger partial charge in [0.2, 0.25) is 0 Å². The molecular formula is C17H19FN5O4+. The Morgan fingerprint density at radius 1 is 1.30 bits per heavy atom. The maximum Gasteiger partial charge on any atom is 0.433 e. The third-order valence-electron chi connectivity index (χ3n) is 4.25. The maximum absolute atomic E-state index is 13.0. The minimum Gasteiger partial charge on any atom is -0.400 e. The molecule has 1 saturated heterocycles. The minimum absolute atomic E-state index is 0.183. The maximum atomic E-state index is 13.0. The number of furan rings is 1. The largest absolute Gasteiger partial charge is 0.433 e. The number of anilines is 1. The molecule has 0 saturated carbocycles. The van der Waals surface area contributed by atoms with E-state index in [0.717, 1.165) is 36.8 Å². The number of nitrogens with one attached hydrogen (secondary N) is 2. The Morgan fingerprint density at radius 3 is 2.63 bits per heavy atom. The van der Waals surface area contributed by atoms with E-state index in [2.05, 4.69) is 15.4 Å². The number of hydrogen-bond acceptors (Lipinski definition) is 6. The Bertz CT molecular complexity index is 828. The Balaban J connectivity index is 1.41. The quantitative estimate of drug-likeness (QED) is 0.425. The number of rotatable bonds is 6. The van der Waals surface area contributed by atoms with Gasteiger partial charge in [-0.2, -0.15) is 5.10 Å². The van der Waals surface area contributed by atoms with Crippen LogP contribution < -0.4 is 15.2 Å². The van der Waals surface area contributed by atoms with E-state index in [4.69, 9.17) is 4.42 Å². The summed E-state index contributed by atoms with van der Waals surface area (Å²) in [5, 5.41) is 14.3. The second kappa shape index (κ2) is 8.41. The molecule has 1 aromatic heterocycles. The van der Waals surface area contributed by atoms with Crippen LogP contribution in [0, 0.1) is 15.9 Å². The molecule has 0 spiro atoms. The molecule has 0 radical (unpaired) electrons. The van der Waals surface area contributed by atoms with Crippen molar-refractivity contribution in [3.63, 3.8) is 0 Å². The highest BCUT2D eigenvalue weighted by atomic mass is 19.1. The Morgan fingerprint density at radius 2 is 2.00 bits per heavy atom. The van der Waals surface area contributed by atoms with Crippen LogP contribution in [0.1, 0.15) is 5.76 Å². The molecule has 27 heavy (non-hydrogen) atoms. The van der Waals surface area contributed by atoms with Gasteiger partial charge in [0.1, 0.15) is 10.7 Å². The molecule has 2 heterocycles. The van der Waals surface area contributed by atoms with Crippen LogP contribution in [-0.2, 0) is 4.79 Å². The Kier molecular flexibility index (Phi) is 5.77. The Labute approximate surface area is 154 Å². The molecule has 0 bridgehead atoms. The van der Waals surface area contributed by atoms with E-state index in [1.54, 1.807) is 12.1 Å². The van der Waals surface area contributed by atoms with Crippen LogP contribution in [0.2, 0.25) is 0 Å². The molecule has 1 amide bonds.